The first kappa shape index (κ1) is 9.71. The summed E-state index contributed by atoms with van der Waals surface area (Å²) in [6.07, 6.45) is 2.06. The number of carbonyl (C=O) groups is 2. The first-order chi connectivity index (χ1) is 6.59. The Morgan fingerprint density at radius 1 is 1.50 bits per heavy atom. The van der Waals surface area contributed by atoms with Gasteiger partial charge in [-0.3, -0.25) is 9.69 Å². The molecule has 0 unspecified atom stereocenters. The molecule has 5 heteroatoms. The van der Waals surface area contributed by atoms with Crippen molar-refractivity contribution < 1.29 is 9.59 Å². The second-order valence-corrected chi connectivity index (χ2v) is 4.76. The molecule has 1 heterocycles. The molecule has 3 amide bonds. The predicted octanol–water partition coefficient (Wildman–Crippen LogP) is 1.32. The van der Waals surface area contributed by atoms with Gasteiger partial charge in [-0.15, -0.1) is 0 Å². The van der Waals surface area contributed by atoms with E-state index in [1.165, 1.54) is 4.90 Å². The van der Waals surface area contributed by atoms with Crippen LogP contribution in [0.4, 0.5) is 4.79 Å². The lowest BCUT2D eigenvalue weighted by molar-refractivity contribution is -0.125. The Kier molecular flexibility index (Phi) is 2.34. The average Bonchev–Trinajstić information content (AvgIpc) is 2.88. The van der Waals surface area contributed by atoms with Gasteiger partial charge in [0, 0.05) is 10.5 Å². The molecule has 4 nitrogen and oxygen atoms in total. The summed E-state index contributed by atoms with van der Waals surface area (Å²) >= 11 is 3.15. The Hall–Kier alpha value is -0.840. The van der Waals surface area contributed by atoms with Gasteiger partial charge in [-0.05, 0) is 12.8 Å². The van der Waals surface area contributed by atoms with Crippen LogP contribution >= 0.6 is 15.9 Å². The Labute approximate surface area is 90.7 Å². The number of amides is 3. The minimum absolute atomic E-state index is 0.123. The van der Waals surface area contributed by atoms with Crippen LogP contribution in [-0.4, -0.2) is 40.9 Å². The molecular formula is C9H11BrN2O2. The average molecular weight is 259 g/mol. The van der Waals surface area contributed by atoms with Crippen molar-refractivity contribution in [1.29, 1.82) is 0 Å². The van der Waals surface area contributed by atoms with Crippen LogP contribution in [0.25, 0.3) is 0 Å². The molecule has 0 bridgehead atoms. The molecule has 0 atom stereocenters. The van der Waals surface area contributed by atoms with Gasteiger partial charge < -0.3 is 4.90 Å². The third-order valence-electron chi connectivity index (χ3n) is 2.40. The molecule has 1 aliphatic heterocycles. The number of halogens is 1. The zero-order valence-corrected chi connectivity index (χ0v) is 9.29. The summed E-state index contributed by atoms with van der Waals surface area (Å²) in [4.78, 5) is 26.1. The van der Waals surface area contributed by atoms with Crippen molar-refractivity contribution in [2.75, 3.05) is 13.1 Å². The third-order valence-corrected chi connectivity index (χ3v) is 2.65. The molecule has 0 N–H and O–H groups in total. The predicted molar refractivity (Wildman–Crippen MR) is 54.9 cm³/mol. The van der Waals surface area contributed by atoms with E-state index in [-0.39, 0.29) is 25.0 Å². The van der Waals surface area contributed by atoms with Crippen LogP contribution in [0.2, 0.25) is 0 Å². The van der Waals surface area contributed by atoms with E-state index in [4.69, 9.17) is 0 Å². The van der Waals surface area contributed by atoms with Crippen LogP contribution in [0.1, 0.15) is 12.8 Å². The summed E-state index contributed by atoms with van der Waals surface area (Å²) in [6.45, 7) is 4.14. The number of urea groups is 1. The van der Waals surface area contributed by atoms with Gasteiger partial charge in [0.25, 0.3) is 5.91 Å². The molecule has 2 rings (SSSR count). The Morgan fingerprint density at radius 3 is 2.64 bits per heavy atom. The highest BCUT2D eigenvalue weighted by Crippen LogP contribution is 2.30. The van der Waals surface area contributed by atoms with Crippen molar-refractivity contribution in [2.45, 2.75) is 18.9 Å². The van der Waals surface area contributed by atoms with Gasteiger partial charge in [-0.1, -0.05) is 22.5 Å². The normalized spacial score (nSPS) is 22.1. The van der Waals surface area contributed by atoms with E-state index in [0.29, 0.717) is 10.5 Å². The first-order valence-electron chi connectivity index (χ1n) is 4.54. The fourth-order valence-electron chi connectivity index (χ4n) is 1.56. The van der Waals surface area contributed by atoms with E-state index in [9.17, 15) is 9.59 Å². The molecule has 0 aromatic carbocycles. The van der Waals surface area contributed by atoms with Gasteiger partial charge in [0.15, 0.2) is 0 Å². The summed E-state index contributed by atoms with van der Waals surface area (Å²) in [5.74, 6) is -0.123. The molecule has 76 valence electrons. The van der Waals surface area contributed by atoms with E-state index >= 15 is 0 Å². The molecule has 1 aliphatic carbocycles. The topological polar surface area (TPSA) is 40.6 Å². The molecule has 1 saturated carbocycles. The summed E-state index contributed by atoms with van der Waals surface area (Å²) < 4.78 is 0.650. The Balaban J connectivity index is 2.07. The maximum atomic E-state index is 11.7. The molecule has 2 aliphatic rings. The van der Waals surface area contributed by atoms with Crippen LogP contribution in [0.3, 0.4) is 0 Å². The van der Waals surface area contributed by atoms with Crippen LogP contribution in [0, 0.1) is 0 Å². The number of hydrogen-bond acceptors (Lipinski definition) is 2. The fraction of sp³-hybridized carbons (Fsp3) is 0.556. The number of hydrogen-bond donors (Lipinski definition) is 0. The zero-order chi connectivity index (χ0) is 10.3. The molecule has 0 aromatic rings. The number of nitrogens with zero attached hydrogens (tertiary/aromatic N) is 2. The van der Waals surface area contributed by atoms with Gasteiger partial charge in [-0.2, -0.15) is 0 Å². The van der Waals surface area contributed by atoms with Crippen LogP contribution in [0.5, 0.6) is 0 Å². The van der Waals surface area contributed by atoms with Crippen molar-refractivity contribution in [3.8, 4) is 0 Å². The van der Waals surface area contributed by atoms with Crippen LogP contribution in [-0.2, 0) is 4.79 Å². The molecular weight excluding hydrogens is 248 g/mol. The molecule has 1 saturated heterocycles. The highest BCUT2D eigenvalue weighted by Gasteiger charge is 2.43. The van der Waals surface area contributed by atoms with Gasteiger partial charge >= 0.3 is 6.03 Å². The van der Waals surface area contributed by atoms with E-state index in [0.717, 1.165) is 12.8 Å². The molecule has 0 aromatic heterocycles. The zero-order valence-electron chi connectivity index (χ0n) is 7.70. The van der Waals surface area contributed by atoms with E-state index in [2.05, 4.69) is 22.5 Å². The second-order valence-electron chi connectivity index (χ2n) is 3.64. The Morgan fingerprint density at radius 2 is 2.14 bits per heavy atom. The van der Waals surface area contributed by atoms with Gasteiger partial charge in [0.1, 0.15) is 6.54 Å². The smallest absolute Gasteiger partial charge is 0.312 e. The third kappa shape index (κ3) is 1.68. The van der Waals surface area contributed by atoms with E-state index in [1.807, 2.05) is 0 Å². The lowest BCUT2D eigenvalue weighted by atomic mass is 10.5. The van der Waals surface area contributed by atoms with Crippen LogP contribution < -0.4 is 0 Å². The monoisotopic (exact) mass is 258 g/mol. The summed E-state index contributed by atoms with van der Waals surface area (Å²) in [5, 5.41) is 0. The maximum Gasteiger partial charge on any atom is 0.327 e. The first-order valence-corrected chi connectivity index (χ1v) is 5.33. The number of imide groups is 1. The summed E-state index contributed by atoms with van der Waals surface area (Å²) in [6, 6.07) is 0.137. The standard InChI is InChI=1S/C9H11BrN2O2/c1-6(10)4-12-8(13)5-11(9(12)14)7-2-3-7/h7H,1-5H2. The maximum absolute atomic E-state index is 11.7. The largest absolute Gasteiger partial charge is 0.327 e. The van der Waals surface area contributed by atoms with Gasteiger partial charge in [0.2, 0.25) is 0 Å². The SMILES string of the molecule is C=C(Br)CN1C(=O)CN(C2CC2)C1=O. The van der Waals surface area contributed by atoms with Crippen LogP contribution in [0.15, 0.2) is 11.1 Å². The molecule has 0 spiro atoms. The number of rotatable bonds is 3. The quantitative estimate of drug-likeness (QED) is 0.717. The van der Waals surface area contributed by atoms with Crippen molar-refractivity contribution in [3.05, 3.63) is 11.1 Å². The molecule has 0 radical (unpaired) electrons. The minimum atomic E-state index is -0.168. The fourth-order valence-corrected chi connectivity index (χ4v) is 1.81. The van der Waals surface area contributed by atoms with Crippen molar-refractivity contribution in [1.82, 2.24) is 9.80 Å². The van der Waals surface area contributed by atoms with E-state index < -0.39 is 0 Å². The molecule has 2 fully saturated rings. The van der Waals surface area contributed by atoms with Crippen molar-refractivity contribution >= 4 is 27.9 Å². The van der Waals surface area contributed by atoms with E-state index in [1.54, 1.807) is 4.90 Å². The molecule has 14 heavy (non-hydrogen) atoms. The van der Waals surface area contributed by atoms with Crippen molar-refractivity contribution in [2.24, 2.45) is 0 Å². The van der Waals surface area contributed by atoms with Crippen molar-refractivity contribution in [3.63, 3.8) is 0 Å². The number of carbonyl (C=O) groups excluding carboxylic acids is 2. The highest BCUT2D eigenvalue weighted by atomic mass is 79.9. The Bertz CT molecular complexity index is 312. The summed E-state index contributed by atoms with van der Waals surface area (Å²) in [7, 11) is 0. The second kappa shape index (κ2) is 3.38. The lowest BCUT2D eigenvalue weighted by Crippen LogP contribution is -2.34. The minimum Gasteiger partial charge on any atom is -0.312 e. The highest BCUT2D eigenvalue weighted by molar-refractivity contribution is 9.11. The summed E-state index contributed by atoms with van der Waals surface area (Å²) in [5.41, 5.74) is 0. The van der Waals surface area contributed by atoms with Gasteiger partial charge in [-0.25, -0.2) is 4.79 Å². The van der Waals surface area contributed by atoms with Gasteiger partial charge in [0.05, 0.1) is 6.54 Å². The lowest BCUT2D eigenvalue weighted by Gasteiger charge is -2.15.